The largest absolute Gasteiger partial charge is 0.456 e. The lowest BCUT2D eigenvalue weighted by atomic mass is 9.85. The molecule has 0 aliphatic rings. The van der Waals surface area contributed by atoms with Crippen LogP contribution in [0.4, 0.5) is 0 Å². The Morgan fingerprint density at radius 3 is 1.72 bits per heavy atom. The first-order chi connectivity index (χ1) is 25.1. The molecule has 0 radical (unpaired) electrons. The first-order valence-electron chi connectivity index (χ1n) is 18.5. The van der Waals surface area contributed by atoms with Crippen LogP contribution < -0.4 is 0 Å². The van der Waals surface area contributed by atoms with Crippen LogP contribution in [-0.2, 0) is 0 Å². The van der Waals surface area contributed by atoms with Crippen LogP contribution in [0.1, 0.15) is 12.3 Å². The van der Waals surface area contributed by atoms with E-state index in [0.717, 1.165) is 54.6 Å². The molecule has 0 saturated carbocycles. The van der Waals surface area contributed by atoms with Crippen LogP contribution in [0.25, 0.3) is 87.6 Å². The second kappa shape index (κ2) is 9.44. The van der Waals surface area contributed by atoms with Crippen LogP contribution in [0.3, 0.4) is 0 Å². The van der Waals surface area contributed by atoms with Crippen LogP contribution in [0.5, 0.6) is 0 Å². The average Bonchev–Trinajstić information content (AvgIpc) is 3.55. The van der Waals surface area contributed by atoms with Crippen molar-refractivity contribution in [1.82, 2.24) is 0 Å². The average molecular weight is 556 g/mol. The summed E-state index contributed by atoms with van der Waals surface area (Å²) in [6.45, 7) is 0. The lowest BCUT2D eigenvalue weighted by Crippen LogP contribution is -1.91. The van der Waals surface area contributed by atoms with Crippen molar-refractivity contribution in [3.63, 3.8) is 0 Å². The predicted molar refractivity (Wildman–Crippen MR) is 183 cm³/mol. The third kappa shape index (κ3) is 3.72. The minimum Gasteiger partial charge on any atom is -0.456 e. The molecule has 43 heavy (non-hydrogen) atoms. The maximum Gasteiger partial charge on any atom is 0.136 e. The molecule has 9 rings (SSSR count). The summed E-state index contributed by atoms with van der Waals surface area (Å²) >= 11 is 0. The molecule has 1 aromatic heterocycles. The molecule has 200 valence electrons. The van der Waals surface area contributed by atoms with Gasteiger partial charge >= 0.3 is 0 Å². The van der Waals surface area contributed by atoms with Gasteiger partial charge in [0.15, 0.2) is 0 Å². The summed E-state index contributed by atoms with van der Waals surface area (Å²) in [5, 5.41) is 7.25. The van der Waals surface area contributed by atoms with Gasteiger partial charge in [0.25, 0.3) is 0 Å². The number of hydrogen-bond donors (Lipinski definition) is 0. The molecule has 0 aliphatic carbocycles. The van der Waals surface area contributed by atoms with Gasteiger partial charge in [-0.05, 0) is 89.9 Å². The van der Waals surface area contributed by atoms with Gasteiger partial charge in [-0.2, -0.15) is 0 Å². The standard InChI is InChI=1S/C42H26O/c1-2-11-27(12-3-1)29-14-10-15-30(25-29)40-33-17-6-8-19-35(33)41(36-20-9-7-18-34(36)40)31-22-23-38-37(26-31)42-32-16-5-4-13-28(32)21-24-39(42)43-38/h1-26H/i1D,2D,3D,10D,11D,12D,14D,15D,25D. The number of hydrogen-bond acceptors (Lipinski definition) is 1. The molecule has 9 aromatic rings. The van der Waals surface area contributed by atoms with E-state index in [2.05, 4.69) is 24.3 Å². The third-order valence-electron chi connectivity index (χ3n) is 8.20. The predicted octanol–water partition coefficient (Wildman–Crippen LogP) is 12.0. The summed E-state index contributed by atoms with van der Waals surface area (Å²) in [4.78, 5) is 0. The molecule has 0 bridgehead atoms. The van der Waals surface area contributed by atoms with Crippen LogP contribution in [0.2, 0.25) is 0 Å². The van der Waals surface area contributed by atoms with E-state index in [1.807, 2.05) is 78.9 Å². The van der Waals surface area contributed by atoms with Crippen molar-refractivity contribution in [3.8, 4) is 33.4 Å². The molecule has 0 aliphatic heterocycles. The Balaban J connectivity index is 1.39. The Kier molecular flexibility index (Phi) is 3.67. The summed E-state index contributed by atoms with van der Waals surface area (Å²) in [6, 6.07) is 29.1. The van der Waals surface area contributed by atoms with Crippen molar-refractivity contribution in [2.45, 2.75) is 0 Å². The molecule has 0 atom stereocenters. The van der Waals surface area contributed by atoms with Crippen molar-refractivity contribution in [3.05, 3.63) is 158 Å². The van der Waals surface area contributed by atoms with E-state index >= 15 is 0 Å². The molecule has 0 spiro atoms. The number of fused-ring (bicyclic) bond motifs is 7. The van der Waals surface area contributed by atoms with E-state index < -0.39 is 42.3 Å². The summed E-state index contributed by atoms with van der Waals surface area (Å²) in [5.41, 5.74) is 3.33. The lowest BCUT2D eigenvalue weighted by Gasteiger charge is -2.18. The highest BCUT2D eigenvalue weighted by Gasteiger charge is 2.18. The first-order valence-corrected chi connectivity index (χ1v) is 14.0. The Morgan fingerprint density at radius 1 is 0.419 bits per heavy atom. The Bertz CT molecular complexity index is 2930. The monoisotopic (exact) mass is 555 g/mol. The summed E-state index contributed by atoms with van der Waals surface area (Å²) in [6.07, 6.45) is 0. The Labute approximate surface area is 261 Å². The zero-order valence-corrected chi connectivity index (χ0v) is 22.7. The van der Waals surface area contributed by atoms with E-state index in [1.54, 1.807) is 0 Å². The fraction of sp³-hybridized carbons (Fsp3) is 0. The van der Waals surface area contributed by atoms with E-state index in [0.29, 0.717) is 16.3 Å². The second-order valence-corrected chi connectivity index (χ2v) is 10.6. The molecule has 0 unspecified atom stereocenters. The highest BCUT2D eigenvalue weighted by molar-refractivity contribution is 6.23. The van der Waals surface area contributed by atoms with Gasteiger partial charge in [-0.15, -0.1) is 0 Å². The Hall–Kier alpha value is -5.66. The minimum atomic E-state index is -0.603. The molecular formula is C42H26O. The van der Waals surface area contributed by atoms with E-state index in [1.165, 1.54) is 0 Å². The molecule has 0 saturated heterocycles. The molecule has 1 heterocycles. The van der Waals surface area contributed by atoms with E-state index in [4.69, 9.17) is 15.4 Å². The maximum atomic E-state index is 9.50. The minimum absolute atomic E-state index is 0.0458. The van der Waals surface area contributed by atoms with Gasteiger partial charge in [-0.3, -0.25) is 0 Å². The van der Waals surface area contributed by atoms with Gasteiger partial charge in [0.05, 0.1) is 12.3 Å². The lowest BCUT2D eigenvalue weighted by molar-refractivity contribution is 0.669. The van der Waals surface area contributed by atoms with Gasteiger partial charge in [0, 0.05) is 10.8 Å². The van der Waals surface area contributed by atoms with Crippen molar-refractivity contribution in [2.75, 3.05) is 0 Å². The summed E-state index contributed by atoms with van der Waals surface area (Å²) in [7, 11) is 0. The van der Waals surface area contributed by atoms with Crippen LogP contribution in [0, 0.1) is 0 Å². The third-order valence-corrected chi connectivity index (χ3v) is 8.20. The second-order valence-electron chi connectivity index (χ2n) is 10.6. The molecule has 0 amide bonds. The summed E-state index contributed by atoms with van der Waals surface area (Å²) in [5.74, 6) is 0. The van der Waals surface area contributed by atoms with E-state index in [-0.39, 0.29) is 28.8 Å². The quantitative estimate of drug-likeness (QED) is 0.198. The van der Waals surface area contributed by atoms with Crippen LogP contribution >= 0.6 is 0 Å². The Morgan fingerprint density at radius 2 is 1.00 bits per heavy atom. The first kappa shape index (κ1) is 16.7. The molecule has 1 heteroatoms. The van der Waals surface area contributed by atoms with Crippen molar-refractivity contribution in [2.24, 2.45) is 0 Å². The molecule has 1 nitrogen and oxygen atoms in total. The highest BCUT2D eigenvalue weighted by Crippen LogP contribution is 2.45. The molecule has 8 aromatic carbocycles. The fourth-order valence-electron chi connectivity index (χ4n) is 6.38. The molecular weight excluding hydrogens is 520 g/mol. The summed E-state index contributed by atoms with van der Waals surface area (Å²) < 4.78 is 84.5. The van der Waals surface area contributed by atoms with Gasteiger partial charge in [0.2, 0.25) is 0 Å². The molecule has 0 fully saturated rings. The van der Waals surface area contributed by atoms with Crippen LogP contribution in [-0.4, -0.2) is 0 Å². The van der Waals surface area contributed by atoms with Gasteiger partial charge in [-0.1, -0.05) is 133 Å². The SMILES string of the molecule is [2H]c1c([2H])c([2H])c(-c2c([2H])c([2H])c([2H])c(-c3c4ccccc4c(-c4ccc5oc6ccc7ccccc7c6c5c4)c4ccccc34)c2[2H])c([2H])c1[2H]. The zero-order chi connectivity index (χ0) is 36.2. The number of furan rings is 1. The van der Waals surface area contributed by atoms with Crippen molar-refractivity contribution in [1.29, 1.82) is 0 Å². The smallest absolute Gasteiger partial charge is 0.136 e. The topological polar surface area (TPSA) is 13.1 Å². The number of rotatable bonds is 3. The van der Waals surface area contributed by atoms with Gasteiger partial charge < -0.3 is 4.42 Å². The highest BCUT2D eigenvalue weighted by atomic mass is 16.3. The zero-order valence-electron chi connectivity index (χ0n) is 31.7. The maximum absolute atomic E-state index is 9.50. The number of benzene rings is 8. The van der Waals surface area contributed by atoms with Gasteiger partial charge in [-0.25, -0.2) is 0 Å². The van der Waals surface area contributed by atoms with Crippen molar-refractivity contribution >= 4 is 54.3 Å². The molecule has 0 N–H and O–H groups in total. The normalized spacial score (nSPS) is 14.7. The fourth-order valence-corrected chi connectivity index (χ4v) is 6.38. The van der Waals surface area contributed by atoms with Crippen molar-refractivity contribution < 1.29 is 16.8 Å². The van der Waals surface area contributed by atoms with Crippen LogP contribution in [0.15, 0.2) is 162 Å². The van der Waals surface area contributed by atoms with Gasteiger partial charge in [0.1, 0.15) is 11.2 Å². The van der Waals surface area contributed by atoms with E-state index in [9.17, 15) is 1.37 Å².